The topological polar surface area (TPSA) is 26.3 Å². The Labute approximate surface area is 190 Å². The molecule has 0 aliphatic rings. The zero-order valence-electron chi connectivity index (χ0n) is 19.4. The molecule has 0 aliphatic carbocycles. The molecule has 0 saturated carbocycles. The van der Waals surface area contributed by atoms with Crippen molar-refractivity contribution in [1.82, 2.24) is 0 Å². The highest BCUT2D eigenvalue weighted by Crippen LogP contribution is 2.15. The van der Waals surface area contributed by atoms with Crippen LogP contribution in [0, 0.1) is 0 Å². The van der Waals surface area contributed by atoms with Gasteiger partial charge in [-0.15, -0.1) is 0 Å². The average molecular weight is 471 g/mol. The maximum absolute atomic E-state index is 11.7. The highest BCUT2D eigenvalue weighted by atomic mass is 79.9. The number of Topliss-reactive ketones (excluding diaryl/α,β-unsaturated/α-hetero) is 1. The molecule has 0 atom stereocenters. The molecule has 0 radical (unpaired) electrons. The minimum absolute atomic E-state index is 0. The summed E-state index contributed by atoms with van der Waals surface area (Å²) >= 11 is 0. The second kappa shape index (κ2) is 16.9. The molecule has 0 amide bonds. The number of nitrogens with zero attached hydrogens (tertiary/aromatic N) is 1. The Kier molecular flexibility index (Phi) is 16.4. The zero-order valence-corrected chi connectivity index (χ0v) is 20.9. The largest absolute Gasteiger partial charge is 1.00 e. The molecule has 0 N–H and O–H groups in total. The standard InChI is InChI=1S/C25H44NO2.BrH/c1-5-7-8-9-10-11-12-13-14-15-20-26(3,4)21-22-28-24-18-16-23(17-19-24)25(27)6-2;/h16-19H,5-15,20-22H2,1-4H3;1H/q+1;/p-1. The van der Waals surface area contributed by atoms with Gasteiger partial charge < -0.3 is 26.2 Å². The van der Waals surface area contributed by atoms with Crippen LogP contribution in [0.3, 0.4) is 0 Å². The van der Waals surface area contributed by atoms with Crippen molar-refractivity contribution >= 4 is 5.78 Å². The van der Waals surface area contributed by atoms with Gasteiger partial charge in [0.05, 0.1) is 20.6 Å². The van der Waals surface area contributed by atoms with Gasteiger partial charge in [-0.05, 0) is 37.1 Å². The van der Waals surface area contributed by atoms with Crippen LogP contribution in [0.4, 0.5) is 0 Å². The molecule has 0 spiro atoms. The minimum atomic E-state index is 0. The van der Waals surface area contributed by atoms with Crippen molar-refractivity contribution in [3.63, 3.8) is 0 Å². The fourth-order valence-corrected chi connectivity index (χ4v) is 3.49. The van der Waals surface area contributed by atoms with Gasteiger partial charge in [-0.2, -0.15) is 0 Å². The van der Waals surface area contributed by atoms with Crippen molar-refractivity contribution in [2.75, 3.05) is 33.8 Å². The summed E-state index contributed by atoms with van der Waals surface area (Å²) in [5.74, 6) is 1.03. The summed E-state index contributed by atoms with van der Waals surface area (Å²) in [5.41, 5.74) is 0.770. The van der Waals surface area contributed by atoms with E-state index < -0.39 is 0 Å². The molecule has 0 saturated heterocycles. The predicted molar refractivity (Wildman–Crippen MR) is 120 cm³/mol. The number of hydrogen-bond acceptors (Lipinski definition) is 2. The van der Waals surface area contributed by atoms with E-state index in [1.165, 1.54) is 70.8 Å². The number of unbranched alkanes of at least 4 members (excludes halogenated alkanes) is 9. The van der Waals surface area contributed by atoms with Crippen molar-refractivity contribution in [3.8, 4) is 5.75 Å². The third kappa shape index (κ3) is 13.9. The fourth-order valence-electron chi connectivity index (χ4n) is 3.49. The number of hydrogen-bond donors (Lipinski definition) is 0. The van der Waals surface area contributed by atoms with E-state index in [0.717, 1.165) is 22.3 Å². The summed E-state index contributed by atoms with van der Waals surface area (Å²) in [7, 11) is 4.58. The van der Waals surface area contributed by atoms with Crippen LogP contribution < -0.4 is 21.7 Å². The van der Waals surface area contributed by atoms with Crippen LogP contribution in [-0.2, 0) is 0 Å². The summed E-state index contributed by atoms with van der Waals surface area (Å²) in [6, 6.07) is 7.55. The number of carbonyl (C=O) groups is 1. The van der Waals surface area contributed by atoms with Gasteiger partial charge in [-0.3, -0.25) is 4.79 Å². The first-order chi connectivity index (χ1) is 13.5. The summed E-state index contributed by atoms with van der Waals surface area (Å²) in [4.78, 5) is 11.7. The van der Waals surface area contributed by atoms with E-state index in [1.807, 2.05) is 31.2 Å². The number of carbonyl (C=O) groups excluding carboxylic acids is 1. The quantitative estimate of drug-likeness (QED) is 0.197. The predicted octanol–water partition coefficient (Wildman–Crippen LogP) is 3.66. The molecule has 0 unspecified atom stereocenters. The molecular weight excluding hydrogens is 426 g/mol. The first-order valence-corrected chi connectivity index (χ1v) is 11.6. The van der Waals surface area contributed by atoms with Crippen molar-refractivity contribution in [1.29, 1.82) is 0 Å². The first-order valence-electron chi connectivity index (χ1n) is 11.6. The van der Waals surface area contributed by atoms with Gasteiger partial charge in [0.2, 0.25) is 0 Å². The number of quaternary nitrogens is 1. The Bertz CT molecular complexity index is 528. The van der Waals surface area contributed by atoms with Crippen LogP contribution >= 0.6 is 0 Å². The lowest BCUT2D eigenvalue weighted by Crippen LogP contribution is -3.00. The molecule has 1 rings (SSSR count). The number of likely N-dealkylation sites (N-methyl/N-ethyl adjacent to an activating group) is 1. The lowest BCUT2D eigenvalue weighted by Gasteiger charge is -2.29. The van der Waals surface area contributed by atoms with Gasteiger partial charge in [0.25, 0.3) is 0 Å². The van der Waals surface area contributed by atoms with Crippen molar-refractivity contribution < 1.29 is 31.0 Å². The van der Waals surface area contributed by atoms with Gasteiger partial charge in [0, 0.05) is 12.0 Å². The lowest BCUT2D eigenvalue weighted by atomic mass is 10.1. The second-order valence-electron chi connectivity index (χ2n) is 8.71. The Balaban J connectivity index is 0.00000784. The maximum atomic E-state index is 11.7. The molecule has 0 bridgehead atoms. The molecule has 0 aromatic heterocycles. The van der Waals surface area contributed by atoms with Crippen molar-refractivity contribution in [2.24, 2.45) is 0 Å². The molecule has 29 heavy (non-hydrogen) atoms. The van der Waals surface area contributed by atoms with Crippen molar-refractivity contribution in [3.05, 3.63) is 29.8 Å². The maximum Gasteiger partial charge on any atom is 0.162 e. The normalized spacial score (nSPS) is 11.2. The average Bonchev–Trinajstić information content (AvgIpc) is 2.69. The van der Waals surface area contributed by atoms with Crippen LogP contribution in [0.15, 0.2) is 24.3 Å². The molecular formula is C25H44BrNO2. The monoisotopic (exact) mass is 469 g/mol. The Morgan fingerprint density at radius 2 is 1.31 bits per heavy atom. The Hall–Kier alpha value is -0.870. The fraction of sp³-hybridized carbons (Fsp3) is 0.720. The molecule has 1 aromatic rings. The molecule has 168 valence electrons. The Morgan fingerprint density at radius 3 is 1.83 bits per heavy atom. The van der Waals surface area contributed by atoms with Gasteiger partial charge in [-0.1, -0.05) is 65.2 Å². The highest BCUT2D eigenvalue weighted by Gasteiger charge is 2.14. The molecule has 0 aliphatic heterocycles. The van der Waals surface area contributed by atoms with E-state index in [0.29, 0.717) is 13.0 Å². The van der Waals surface area contributed by atoms with Crippen molar-refractivity contribution in [2.45, 2.75) is 84.5 Å². The van der Waals surface area contributed by atoms with E-state index >= 15 is 0 Å². The van der Waals surface area contributed by atoms with Gasteiger partial charge in [-0.25, -0.2) is 0 Å². The van der Waals surface area contributed by atoms with Crippen LogP contribution in [0.1, 0.15) is 94.8 Å². The molecule has 1 aromatic carbocycles. The minimum Gasteiger partial charge on any atom is -1.00 e. The first kappa shape index (κ1) is 28.1. The molecule has 3 nitrogen and oxygen atoms in total. The third-order valence-corrected chi connectivity index (χ3v) is 5.58. The van der Waals surface area contributed by atoms with E-state index in [2.05, 4.69) is 21.0 Å². The second-order valence-corrected chi connectivity index (χ2v) is 8.71. The summed E-state index contributed by atoms with van der Waals surface area (Å²) in [6.45, 7) is 7.10. The van der Waals surface area contributed by atoms with E-state index in [9.17, 15) is 4.79 Å². The molecule has 4 heteroatoms. The molecule has 0 heterocycles. The SMILES string of the molecule is CCCCCCCCCCCC[N+](C)(C)CCOc1ccc(C(=O)CC)cc1.[Br-]. The number of benzene rings is 1. The number of rotatable bonds is 17. The summed E-state index contributed by atoms with van der Waals surface area (Å²) in [6.07, 6.45) is 14.4. The zero-order chi connectivity index (χ0) is 20.7. The van der Waals surface area contributed by atoms with Crippen LogP contribution in [0.2, 0.25) is 0 Å². The summed E-state index contributed by atoms with van der Waals surface area (Å²) < 4.78 is 6.89. The van der Waals surface area contributed by atoms with Gasteiger partial charge in [0.1, 0.15) is 18.9 Å². The number of halogens is 1. The highest BCUT2D eigenvalue weighted by molar-refractivity contribution is 5.95. The van der Waals surface area contributed by atoms with Gasteiger partial charge >= 0.3 is 0 Å². The van der Waals surface area contributed by atoms with Crippen LogP contribution in [0.25, 0.3) is 0 Å². The van der Waals surface area contributed by atoms with Gasteiger partial charge in [0.15, 0.2) is 5.78 Å². The van der Waals surface area contributed by atoms with Crippen LogP contribution in [0.5, 0.6) is 5.75 Å². The molecule has 0 fully saturated rings. The summed E-state index contributed by atoms with van der Waals surface area (Å²) in [5, 5.41) is 0. The smallest absolute Gasteiger partial charge is 0.162 e. The number of ketones is 1. The van der Waals surface area contributed by atoms with Crippen LogP contribution in [-0.4, -0.2) is 44.1 Å². The third-order valence-electron chi connectivity index (χ3n) is 5.58. The lowest BCUT2D eigenvalue weighted by molar-refractivity contribution is -0.890. The van der Waals surface area contributed by atoms with E-state index in [-0.39, 0.29) is 22.8 Å². The van der Waals surface area contributed by atoms with E-state index in [4.69, 9.17) is 4.74 Å². The number of ether oxygens (including phenoxy) is 1. The van der Waals surface area contributed by atoms with E-state index in [1.54, 1.807) is 0 Å². The Morgan fingerprint density at radius 1 is 0.793 bits per heavy atom.